The van der Waals surface area contributed by atoms with Gasteiger partial charge in [-0.1, -0.05) is 5.21 Å². The lowest BCUT2D eigenvalue weighted by Gasteiger charge is -2.07. The fourth-order valence-electron chi connectivity index (χ4n) is 2.41. The van der Waals surface area contributed by atoms with Crippen LogP contribution < -0.4 is 5.63 Å². The first kappa shape index (κ1) is 15.7. The molecule has 0 bridgehead atoms. The monoisotopic (exact) mass is 329 g/mol. The van der Waals surface area contributed by atoms with Crippen LogP contribution in [0.25, 0.3) is 11.0 Å². The number of carbonyl (C=O) groups excluding carboxylic acids is 1. The molecule has 0 saturated heterocycles. The Morgan fingerprint density at radius 3 is 2.92 bits per heavy atom. The van der Waals surface area contributed by atoms with Gasteiger partial charge >= 0.3 is 11.6 Å². The lowest BCUT2D eigenvalue weighted by atomic mass is 10.1. The average Bonchev–Trinajstić information content (AvgIpc) is 2.89. The second kappa shape index (κ2) is 6.15. The molecular weight excluding hydrogens is 314 g/mol. The molecule has 8 nitrogen and oxygen atoms in total. The predicted molar refractivity (Wildman–Crippen MR) is 84.0 cm³/mol. The second-order valence-corrected chi connectivity index (χ2v) is 5.17. The van der Waals surface area contributed by atoms with Crippen molar-refractivity contribution in [2.45, 2.75) is 20.4 Å². The van der Waals surface area contributed by atoms with Gasteiger partial charge in [0.25, 0.3) is 0 Å². The maximum atomic E-state index is 11.8. The summed E-state index contributed by atoms with van der Waals surface area (Å²) >= 11 is 0. The number of hydrogen-bond acceptors (Lipinski definition) is 7. The highest BCUT2D eigenvalue weighted by Crippen LogP contribution is 2.23. The Labute approximate surface area is 136 Å². The van der Waals surface area contributed by atoms with E-state index in [0.29, 0.717) is 22.2 Å². The highest BCUT2D eigenvalue weighted by molar-refractivity contribution is 5.88. The van der Waals surface area contributed by atoms with Crippen LogP contribution in [0.5, 0.6) is 5.75 Å². The second-order valence-electron chi connectivity index (χ2n) is 5.17. The molecule has 2 aromatic heterocycles. The van der Waals surface area contributed by atoms with E-state index in [0.717, 1.165) is 0 Å². The standard InChI is InChI=1S/C16H15N3O5/c1-3-23-16(22)15-9(2)19(18-17-15)8-10-6-14(21)24-13-5-4-11(20)7-12(10)13/h4-7,20H,3,8H2,1-2H3. The number of fused-ring (bicyclic) bond motifs is 1. The van der Waals surface area contributed by atoms with E-state index >= 15 is 0 Å². The molecule has 0 saturated carbocycles. The number of phenolic OH excluding ortho intramolecular Hbond substituents is 1. The Kier molecular flexibility index (Phi) is 4.03. The van der Waals surface area contributed by atoms with Gasteiger partial charge in [0.15, 0.2) is 5.69 Å². The van der Waals surface area contributed by atoms with Crippen molar-refractivity contribution < 1.29 is 19.1 Å². The maximum Gasteiger partial charge on any atom is 0.360 e. The Morgan fingerprint density at radius 2 is 2.17 bits per heavy atom. The van der Waals surface area contributed by atoms with Gasteiger partial charge in [0, 0.05) is 11.5 Å². The molecule has 24 heavy (non-hydrogen) atoms. The van der Waals surface area contributed by atoms with Gasteiger partial charge in [0.1, 0.15) is 11.3 Å². The lowest BCUT2D eigenvalue weighted by Crippen LogP contribution is -2.10. The van der Waals surface area contributed by atoms with E-state index in [-0.39, 0.29) is 24.6 Å². The average molecular weight is 329 g/mol. The van der Waals surface area contributed by atoms with E-state index in [2.05, 4.69) is 10.3 Å². The number of aromatic nitrogens is 3. The summed E-state index contributed by atoms with van der Waals surface area (Å²) in [5, 5.41) is 18.0. The summed E-state index contributed by atoms with van der Waals surface area (Å²) in [6.07, 6.45) is 0. The third kappa shape index (κ3) is 2.85. The number of benzene rings is 1. The van der Waals surface area contributed by atoms with Crippen molar-refractivity contribution in [3.8, 4) is 5.75 Å². The van der Waals surface area contributed by atoms with Crippen LogP contribution in [-0.2, 0) is 11.3 Å². The normalized spacial score (nSPS) is 10.9. The zero-order valence-corrected chi connectivity index (χ0v) is 13.1. The van der Waals surface area contributed by atoms with Crippen molar-refractivity contribution in [1.82, 2.24) is 15.0 Å². The number of carbonyl (C=O) groups is 1. The SMILES string of the molecule is CCOC(=O)c1nnn(Cc2cc(=O)oc3ccc(O)cc23)c1C. The number of ether oxygens (including phenoxy) is 1. The molecule has 0 spiro atoms. The summed E-state index contributed by atoms with van der Waals surface area (Å²) in [4.78, 5) is 23.5. The van der Waals surface area contributed by atoms with Crippen molar-refractivity contribution >= 4 is 16.9 Å². The molecule has 8 heteroatoms. The van der Waals surface area contributed by atoms with Gasteiger partial charge in [-0.05, 0) is 37.6 Å². The Balaban J connectivity index is 2.03. The zero-order valence-electron chi connectivity index (χ0n) is 13.1. The van der Waals surface area contributed by atoms with Crippen LogP contribution in [0.3, 0.4) is 0 Å². The van der Waals surface area contributed by atoms with Crippen LogP contribution in [0.15, 0.2) is 33.5 Å². The van der Waals surface area contributed by atoms with Crippen LogP contribution in [-0.4, -0.2) is 32.7 Å². The number of nitrogens with zero attached hydrogens (tertiary/aromatic N) is 3. The van der Waals surface area contributed by atoms with Gasteiger partial charge in [0.2, 0.25) is 0 Å². The van der Waals surface area contributed by atoms with E-state index in [1.807, 2.05) is 0 Å². The first-order valence-corrected chi connectivity index (χ1v) is 7.32. The first-order valence-electron chi connectivity index (χ1n) is 7.32. The van der Waals surface area contributed by atoms with E-state index in [1.54, 1.807) is 13.8 Å². The number of esters is 1. The molecule has 0 radical (unpaired) electrons. The van der Waals surface area contributed by atoms with E-state index in [1.165, 1.54) is 28.9 Å². The quantitative estimate of drug-likeness (QED) is 0.572. The molecule has 0 aliphatic heterocycles. The molecular formula is C16H15N3O5. The van der Waals surface area contributed by atoms with E-state index < -0.39 is 11.6 Å². The largest absolute Gasteiger partial charge is 0.508 e. The highest BCUT2D eigenvalue weighted by Gasteiger charge is 2.18. The van der Waals surface area contributed by atoms with Gasteiger partial charge in [-0.15, -0.1) is 5.10 Å². The molecule has 0 amide bonds. The third-order valence-corrected chi connectivity index (χ3v) is 3.58. The topological polar surface area (TPSA) is 107 Å². The molecule has 3 rings (SSSR count). The fourth-order valence-corrected chi connectivity index (χ4v) is 2.41. The minimum absolute atomic E-state index is 0.0557. The van der Waals surface area contributed by atoms with Gasteiger partial charge in [-0.3, -0.25) is 0 Å². The molecule has 0 aliphatic rings. The van der Waals surface area contributed by atoms with Gasteiger partial charge in [0.05, 0.1) is 18.8 Å². The minimum Gasteiger partial charge on any atom is -0.508 e. The number of phenols is 1. The Bertz CT molecular complexity index is 973. The third-order valence-electron chi connectivity index (χ3n) is 3.58. The molecule has 2 heterocycles. The number of aromatic hydroxyl groups is 1. The molecule has 0 atom stereocenters. The Morgan fingerprint density at radius 1 is 1.38 bits per heavy atom. The smallest absolute Gasteiger partial charge is 0.360 e. The first-order chi connectivity index (χ1) is 11.5. The molecule has 1 N–H and O–H groups in total. The van der Waals surface area contributed by atoms with Gasteiger partial charge in [-0.2, -0.15) is 0 Å². The number of hydrogen-bond donors (Lipinski definition) is 1. The summed E-state index contributed by atoms with van der Waals surface area (Å²) in [6.45, 7) is 3.84. The Hall–Kier alpha value is -3.16. The number of rotatable bonds is 4. The summed E-state index contributed by atoms with van der Waals surface area (Å²) in [6, 6.07) is 5.79. The molecule has 0 aliphatic carbocycles. The van der Waals surface area contributed by atoms with Crippen LogP contribution in [0.1, 0.15) is 28.7 Å². The maximum absolute atomic E-state index is 11.8. The zero-order chi connectivity index (χ0) is 17.3. The van der Waals surface area contributed by atoms with Crippen molar-refractivity contribution in [1.29, 1.82) is 0 Å². The van der Waals surface area contributed by atoms with Crippen LogP contribution >= 0.6 is 0 Å². The summed E-state index contributed by atoms with van der Waals surface area (Å²) in [5.74, 6) is -0.489. The highest BCUT2D eigenvalue weighted by atomic mass is 16.5. The van der Waals surface area contributed by atoms with Crippen molar-refractivity contribution in [2.24, 2.45) is 0 Å². The van der Waals surface area contributed by atoms with Crippen molar-refractivity contribution in [2.75, 3.05) is 6.61 Å². The molecule has 124 valence electrons. The van der Waals surface area contributed by atoms with E-state index in [4.69, 9.17) is 9.15 Å². The summed E-state index contributed by atoms with van der Waals surface area (Å²) in [7, 11) is 0. The molecule has 3 aromatic rings. The summed E-state index contributed by atoms with van der Waals surface area (Å²) < 4.78 is 11.5. The van der Waals surface area contributed by atoms with Crippen LogP contribution in [0, 0.1) is 6.92 Å². The van der Waals surface area contributed by atoms with Crippen LogP contribution in [0.4, 0.5) is 0 Å². The van der Waals surface area contributed by atoms with Crippen LogP contribution in [0.2, 0.25) is 0 Å². The predicted octanol–water partition coefficient (Wildman–Crippen LogP) is 1.62. The van der Waals surface area contributed by atoms with E-state index in [9.17, 15) is 14.7 Å². The lowest BCUT2D eigenvalue weighted by molar-refractivity contribution is 0.0518. The van der Waals surface area contributed by atoms with Crippen molar-refractivity contribution in [3.05, 3.63) is 51.6 Å². The van der Waals surface area contributed by atoms with Crippen molar-refractivity contribution in [3.63, 3.8) is 0 Å². The van der Waals surface area contributed by atoms with Gasteiger partial charge < -0.3 is 14.3 Å². The van der Waals surface area contributed by atoms with Gasteiger partial charge in [-0.25, -0.2) is 14.3 Å². The molecule has 1 aromatic carbocycles. The minimum atomic E-state index is -0.545. The molecule has 0 unspecified atom stereocenters. The summed E-state index contributed by atoms with van der Waals surface area (Å²) in [5.41, 5.74) is 1.10. The fraction of sp³-hybridized carbons (Fsp3) is 0.250. The molecule has 0 fully saturated rings.